The molecule has 4 fully saturated rings. The summed E-state index contributed by atoms with van der Waals surface area (Å²) in [7, 11) is 0. The molecule has 4 bridgehead atoms. The molecule has 146 valence electrons. The first-order chi connectivity index (χ1) is 13.1. The van der Waals surface area contributed by atoms with Crippen LogP contribution in [-0.2, 0) is 6.54 Å². The smallest absolute Gasteiger partial charge is 0.263 e. The largest absolute Gasteiger partial charge is 0.459 e. The summed E-state index contributed by atoms with van der Waals surface area (Å²) in [6, 6.07) is 3.72. The Labute approximate surface area is 160 Å². The van der Waals surface area contributed by atoms with Crippen LogP contribution < -0.4 is 0 Å². The van der Waals surface area contributed by atoms with Gasteiger partial charge in [0.15, 0.2) is 5.76 Å². The fourth-order valence-corrected chi connectivity index (χ4v) is 6.61. The van der Waals surface area contributed by atoms with Gasteiger partial charge < -0.3 is 13.9 Å². The lowest BCUT2D eigenvalue weighted by Crippen LogP contribution is -2.51. The van der Waals surface area contributed by atoms with E-state index in [9.17, 15) is 5.11 Å². The Morgan fingerprint density at radius 2 is 1.89 bits per heavy atom. The second kappa shape index (κ2) is 6.78. The highest BCUT2D eigenvalue weighted by atomic mass is 16.4. The molecule has 0 saturated heterocycles. The van der Waals surface area contributed by atoms with Gasteiger partial charge in [-0.25, -0.2) is 4.98 Å². The van der Waals surface area contributed by atoms with Gasteiger partial charge >= 0.3 is 0 Å². The molecule has 27 heavy (non-hydrogen) atoms. The van der Waals surface area contributed by atoms with Crippen LogP contribution in [-0.4, -0.2) is 34.7 Å². The zero-order chi connectivity index (χ0) is 18.4. The second-order valence-electron chi connectivity index (χ2n) is 9.35. The normalized spacial score (nSPS) is 31.9. The molecule has 0 aromatic carbocycles. The van der Waals surface area contributed by atoms with Crippen LogP contribution >= 0.6 is 0 Å². The summed E-state index contributed by atoms with van der Waals surface area (Å²) in [4.78, 5) is 7.09. The summed E-state index contributed by atoms with van der Waals surface area (Å²) in [5, 5.41) is 9.65. The van der Waals surface area contributed by atoms with E-state index in [0.717, 1.165) is 42.3 Å². The van der Waals surface area contributed by atoms with Crippen molar-refractivity contribution in [2.75, 3.05) is 19.7 Å². The van der Waals surface area contributed by atoms with Gasteiger partial charge in [-0.1, -0.05) is 0 Å². The van der Waals surface area contributed by atoms with Crippen molar-refractivity contribution in [1.82, 2.24) is 9.88 Å². The summed E-state index contributed by atoms with van der Waals surface area (Å²) >= 11 is 0. The lowest BCUT2D eigenvalue weighted by atomic mass is 9.49. The Bertz CT molecular complexity index is 744. The van der Waals surface area contributed by atoms with E-state index in [0.29, 0.717) is 23.6 Å². The fourth-order valence-electron chi connectivity index (χ4n) is 6.61. The van der Waals surface area contributed by atoms with Gasteiger partial charge in [0.1, 0.15) is 5.76 Å². The molecule has 4 aliphatic rings. The molecule has 2 aromatic heterocycles. The number of aliphatic hydroxyl groups is 1. The molecule has 4 saturated carbocycles. The molecular weight excluding hydrogens is 340 g/mol. The first-order valence-corrected chi connectivity index (χ1v) is 10.5. The zero-order valence-electron chi connectivity index (χ0n) is 16.2. The predicted octanol–water partition coefficient (Wildman–Crippen LogP) is 4.25. The van der Waals surface area contributed by atoms with Crippen molar-refractivity contribution in [3.63, 3.8) is 0 Å². The van der Waals surface area contributed by atoms with Gasteiger partial charge in [-0.15, -0.1) is 0 Å². The average molecular weight is 370 g/mol. The Balaban J connectivity index is 1.33. The third kappa shape index (κ3) is 3.36. The van der Waals surface area contributed by atoms with Gasteiger partial charge in [0.05, 0.1) is 18.6 Å². The fraction of sp³-hybridized carbons (Fsp3) is 0.682. The topological polar surface area (TPSA) is 62.6 Å². The highest BCUT2D eigenvalue weighted by molar-refractivity contribution is 5.44. The van der Waals surface area contributed by atoms with Gasteiger partial charge in [0.25, 0.3) is 5.89 Å². The lowest BCUT2D eigenvalue weighted by Gasteiger charge is -2.58. The monoisotopic (exact) mass is 370 g/mol. The van der Waals surface area contributed by atoms with Crippen LogP contribution in [0.5, 0.6) is 0 Å². The number of hydrogen-bond acceptors (Lipinski definition) is 5. The van der Waals surface area contributed by atoms with Crippen LogP contribution in [0.2, 0.25) is 0 Å². The van der Waals surface area contributed by atoms with Crippen LogP contribution in [0.15, 0.2) is 27.2 Å². The van der Waals surface area contributed by atoms with E-state index in [1.165, 1.54) is 38.5 Å². The van der Waals surface area contributed by atoms with E-state index in [2.05, 4.69) is 9.88 Å². The van der Waals surface area contributed by atoms with Gasteiger partial charge in [-0.05, 0) is 80.8 Å². The molecule has 0 aliphatic heterocycles. The van der Waals surface area contributed by atoms with Gasteiger partial charge in [-0.3, -0.25) is 4.90 Å². The van der Waals surface area contributed by atoms with E-state index in [1.54, 1.807) is 6.26 Å². The summed E-state index contributed by atoms with van der Waals surface area (Å²) in [6.07, 6.45) is 10.2. The number of rotatable bonds is 7. The van der Waals surface area contributed by atoms with E-state index >= 15 is 0 Å². The highest BCUT2D eigenvalue weighted by Gasteiger charge is 2.51. The molecule has 0 spiro atoms. The maximum Gasteiger partial charge on any atom is 0.263 e. The number of aliphatic hydroxyl groups excluding tert-OH is 1. The minimum absolute atomic E-state index is 0.189. The van der Waals surface area contributed by atoms with Crippen LogP contribution in [0.3, 0.4) is 0 Å². The molecule has 0 radical (unpaired) electrons. The molecule has 0 amide bonds. The molecule has 6 rings (SSSR count). The lowest BCUT2D eigenvalue weighted by molar-refractivity contribution is -0.0715. The van der Waals surface area contributed by atoms with Gasteiger partial charge in [-0.2, -0.15) is 0 Å². The standard InChI is InChI=1S/C22H30N2O3/c1-15-19(23-21(27-15)20-3-2-6-26-20)13-24(4-5-25)14-22-10-16-7-17(11-22)9-18(8-16)12-22/h2-3,6,16-18,25H,4-5,7-14H2,1H3. The molecule has 4 aliphatic carbocycles. The third-order valence-electron chi connectivity index (χ3n) is 7.14. The number of aryl methyl sites for hydroxylation is 1. The van der Waals surface area contributed by atoms with Gasteiger partial charge in [0, 0.05) is 19.6 Å². The second-order valence-corrected chi connectivity index (χ2v) is 9.35. The number of hydrogen-bond donors (Lipinski definition) is 1. The van der Waals surface area contributed by atoms with Crippen LogP contribution in [0.25, 0.3) is 11.7 Å². The van der Waals surface area contributed by atoms with E-state index in [-0.39, 0.29) is 6.61 Å². The summed E-state index contributed by atoms with van der Waals surface area (Å²) in [5.41, 5.74) is 1.42. The van der Waals surface area contributed by atoms with Crippen LogP contribution in [0.1, 0.15) is 50.0 Å². The number of nitrogens with zero attached hydrogens (tertiary/aromatic N) is 2. The SMILES string of the molecule is Cc1oc(-c2ccco2)nc1CN(CCO)CC12CC3CC(CC(C3)C1)C2. The Morgan fingerprint density at radius 1 is 1.19 bits per heavy atom. The quantitative estimate of drug-likeness (QED) is 0.789. The maximum atomic E-state index is 9.65. The van der Waals surface area contributed by atoms with Crippen molar-refractivity contribution in [2.45, 2.75) is 52.0 Å². The summed E-state index contributed by atoms with van der Waals surface area (Å²) < 4.78 is 11.3. The first kappa shape index (κ1) is 17.5. The number of aromatic nitrogens is 1. The van der Waals surface area contributed by atoms with E-state index < -0.39 is 0 Å². The zero-order valence-corrected chi connectivity index (χ0v) is 16.2. The van der Waals surface area contributed by atoms with Crippen molar-refractivity contribution in [2.24, 2.45) is 23.2 Å². The van der Waals surface area contributed by atoms with Crippen molar-refractivity contribution in [3.8, 4) is 11.7 Å². The van der Waals surface area contributed by atoms with Gasteiger partial charge in [0.2, 0.25) is 0 Å². The number of furan rings is 1. The third-order valence-corrected chi connectivity index (χ3v) is 7.14. The Hall–Kier alpha value is -1.59. The molecule has 0 atom stereocenters. The molecule has 2 aromatic rings. The summed E-state index contributed by atoms with van der Waals surface area (Å²) in [6.45, 7) is 4.67. The van der Waals surface area contributed by atoms with E-state index in [4.69, 9.17) is 8.83 Å². The van der Waals surface area contributed by atoms with Crippen LogP contribution in [0, 0.1) is 30.1 Å². The molecule has 5 heteroatoms. The Kier molecular flexibility index (Phi) is 4.40. The average Bonchev–Trinajstić information content (AvgIpc) is 3.24. The predicted molar refractivity (Wildman–Crippen MR) is 102 cm³/mol. The van der Waals surface area contributed by atoms with Crippen molar-refractivity contribution in [3.05, 3.63) is 29.9 Å². The maximum absolute atomic E-state index is 9.65. The molecular formula is C22H30N2O3. The first-order valence-electron chi connectivity index (χ1n) is 10.5. The molecule has 2 heterocycles. The number of oxazole rings is 1. The van der Waals surface area contributed by atoms with Crippen molar-refractivity contribution < 1.29 is 13.9 Å². The minimum Gasteiger partial charge on any atom is -0.459 e. The molecule has 5 nitrogen and oxygen atoms in total. The molecule has 1 N–H and O–H groups in total. The summed E-state index contributed by atoms with van der Waals surface area (Å²) in [5.74, 6) is 4.91. The molecule has 0 unspecified atom stereocenters. The minimum atomic E-state index is 0.189. The van der Waals surface area contributed by atoms with E-state index in [1.807, 2.05) is 19.1 Å². The van der Waals surface area contributed by atoms with Crippen molar-refractivity contribution >= 4 is 0 Å². The van der Waals surface area contributed by atoms with Crippen molar-refractivity contribution in [1.29, 1.82) is 0 Å². The van der Waals surface area contributed by atoms with Crippen LogP contribution in [0.4, 0.5) is 0 Å². The highest BCUT2D eigenvalue weighted by Crippen LogP contribution is 2.60. The Morgan fingerprint density at radius 3 is 2.48 bits per heavy atom.